The van der Waals surface area contributed by atoms with Crippen molar-refractivity contribution in [3.05, 3.63) is 66.5 Å². The first kappa shape index (κ1) is 31.3. The molecule has 2 saturated heterocycles. The Morgan fingerprint density at radius 3 is 2.30 bits per heavy atom. The van der Waals surface area contributed by atoms with Gasteiger partial charge in [0.05, 0.1) is 30.8 Å². The summed E-state index contributed by atoms with van der Waals surface area (Å²) in [6.07, 6.45) is -2.83. The highest BCUT2D eigenvalue weighted by Crippen LogP contribution is 2.29. The van der Waals surface area contributed by atoms with E-state index < -0.39 is 18.3 Å². The topological polar surface area (TPSA) is 112 Å². The summed E-state index contributed by atoms with van der Waals surface area (Å²) in [7, 11) is 1.76. The number of piperazine rings is 1. The smallest absolute Gasteiger partial charge is 0.296 e. The molecule has 0 unspecified atom stereocenters. The van der Waals surface area contributed by atoms with Gasteiger partial charge in [0.25, 0.3) is 6.43 Å². The Balaban J connectivity index is 1.17. The number of carbonyl (C=O) groups excluding carboxylic acids is 2. The van der Waals surface area contributed by atoms with Crippen LogP contribution in [0.25, 0.3) is 16.9 Å². The number of ether oxygens (including phenoxy) is 1. The Morgan fingerprint density at radius 1 is 0.913 bits per heavy atom. The molecule has 242 valence electrons. The SMILES string of the molecule is C[C@H](Nc1nc(N2CCOCC2)cc(-n2c(C(F)F)nc3ccccc32)n1)C(=O)N1CCN(CC(=O)N(C)c2ccccc2)CC1. The maximum atomic E-state index is 14.2. The second-order valence-corrected chi connectivity index (χ2v) is 11.4. The molecule has 12 nitrogen and oxygen atoms in total. The predicted octanol–water partition coefficient (Wildman–Crippen LogP) is 3.20. The molecule has 1 atom stereocenters. The van der Waals surface area contributed by atoms with Crippen LogP contribution >= 0.6 is 0 Å². The number of anilines is 3. The summed E-state index contributed by atoms with van der Waals surface area (Å²) in [6, 6.07) is 17.3. The molecule has 4 aromatic rings. The number of aromatic nitrogens is 4. The highest BCUT2D eigenvalue weighted by Gasteiger charge is 2.28. The Hall–Kier alpha value is -4.69. The molecular formula is C32H37F2N9O3. The highest BCUT2D eigenvalue weighted by atomic mass is 19.3. The first-order valence-corrected chi connectivity index (χ1v) is 15.4. The fourth-order valence-electron chi connectivity index (χ4n) is 5.74. The molecule has 2 amide bonds. The van der Waals surface area contributed by atoms with Crippen molar-refractivity contribution in [2.45, 2.75) is 19.4 Å². The largest absolute Gasteiger partial charge is 0.378 e. The molecule has 0 aliphatic carbocycles. The number of imidazole rings is 1. The third-order valence-corrected chi connectivity index (χ3v) is 8.32. The van der Waals surface area contributed by atoms with E-state index in [-0.39, 0.29) is 30.1 Å². The fraction of sp³-hybridized carbons (Fsp3) is 0.406. The van der Waals surface area contributed by atoms with E-state index >= 15 is 0 Å². The molecule has 0 saturated carbocycles. The summed E-state index contributed by atoms with van der Waals surface area (Å²) < 4.78 is 35.2. The molecule has 2 aromatic carbocycles. The van der Waals surface area contributed by atoms with Crippen LogP contribution in [0.3, 0.4) is 0 Å². The van der Waals surface area contributed by atoms with Gasteiger partial charge in [-0.25, -0.2) is 13.8 Å². The number of benzene rings is 2. The quantitative estimate of drug-likeness (QED) is 0.297. The van der Waals surface area contributed by atoms with E-state index in [1.807, 2.05) is 40.1 Å². The van der Waals surface area contributed by atoms with Crippen molar-refractivity contribution in [1.82, 2.24) is 29.3 Å². The van der Waals surface area contributed by atoms with Crippen molar-refractivity contribution in [2.75, 3.05) is 81.2 Å². The van der Waals surface area contributed by atoms with E-state index in [0.717, 1.165) is 5.69 Å². The number of para-hydroxylation sites is 3. The lowest BCUT2D eigenvalue weighted by Gasteiger charge is -2.36. The number of hydrogen-bond acceptors (Lipinski definition) is 9. The number of halogens is 2. The number of nitrogens with one attached hydrogen (secondary N) is 1. The highest BCUT2D eigenvalue weighted by molar-refractivity contribution is 5.94. The predicted molar refractivity (Wildman–Crippen MR) is 171 cm³/mol. The number of nitrogens with zero attached hydrogens (tertiary/aromatic N) is 8. The number of amides is 2. The van der Waals surface area contributed by atoms with E-state index in [4.69, 9.17) is 4.74 Å². The van der Waals surface area contributed by atoms with Crippen LogP contribution in [0.15, 0.2) is 60.7 Å². The summed E-state index contributed by atoms with van der Waals surface area (Å²) in [5.41, 5.74) is 1.75. The van der Waals surface area contributed by atoms with Gasteiger partial charge in [-0.1, -0.05) is 30.3 Å². The summed E-state index contributed by atoms with van der Waals surface area (Å²) in [5.74, 6) is 0.319. The summed E-state index contributed by atoms with van der Waals surface area (Å²) >= 11 is 0. The number of hydrogen-bond donors (Lipinski definition) is 1. The van der Waals surface area contributed by atoms with Crippen molar-refractivity contribution in [1.29, 1.82) is 0 Å². The minimum absolute atomic E-state index is 0.0187. The van der Waals surface area contributed by atoms with Crippen molar-refractivity contribution in [2.24, 2.45) is 0 Å². The summed E-state index contributed by atoms with van der Waals surface area (Å²) in [5, 5.41) is 3.13. The van der Waals surface area contributed by atoms with Gasteiger partial charge in [0.15, 0.2) is 5.82 Å². The molecule has 2 fully saturated rings. The molecule has 2 aliphatic heterocycles. The molecule has 0 radical (unpaired) electrons. The van der Waals surface area contributed by atoms with Crippen LogP contribution in [-0.2, 0) is 14.3 Å². The Kier molecular flexibility index (Phi) is 9.35. The zero-order chi connectivity index (χ0) is 32.2. The van der Waals surface area contributed by atoms with Gasteiger partial charge in [0.2, 0.25) is 17.8 Å². The molecule has 1 N–H and O–H groups in total. The van der Waals surface area contributed by atoms with Crippen LogP contribution in [0.2, 0.25) is 0 Å². The Morgan fingerprint density at radius 2 is 1.59 bits per heavy atom. The molecule has 6 rings (SSSR count). The number of carbonyl (C=O) groups is 2. The van der Waals surface area contributed by atoms with Crippen LogP contribution in [0.5, 0.6) is 0 Å². The maximum absolute atomic E-state index is 14.2. The molecule has 0 spiro atoms. The lowest BCUT2D eigenvalue weighted by molar-refractivity contribution is -0.133. The van der Waals surface area contributed by atoms with Gasteiger partial charge >= 0.3 is 0 Å². The minimum atomic E-state index is -2.83. The standard InChI is InChI=1S/C32H37F2N9O3/c1-22(31(45)42-14-12-40(13-15-42)21-28(44)39(2)23-8-4-3-5-9-23)35-32-37-26(41-16-18-46-19-17-41)20-27(38-32)43-25-11-7-6-10-24(25)36-30(43)29(33)34/h3-11,20,22,29H,12-19,21H2,1-2H3,(H,35,37,38)/t22-/m0/s1. The van der Waals surface area contributed by atoms with E-state index in [1.165, 1.54) is 4.57 Å². The first-order chi connectivity index (χ1) is 22.3. The molecule has 2 aliphatic rings. The van der Waals surface area contributed by atoms with Crippen LogP contribution in [0.1, 0.15) is 19.2 Å². The van der Waals surface area contributed by atoms with E-state index in [2.05, 4.69) is 20.3 Å². The summed E-state index contributed by atoms with van der Waals surface area (Å²) in [4.78, 5) is 47.3. The van der Waals surface area contributed by atoms with Gasteiger partial charge in [-0.15, -0.1) is 0 Å². The van der Waals surface area contributed by atoms with Crippen LogP contribution in [0.4, 0.5) is 26.2 Å². The van der Waals surface area contributed by atoms with Gasteiger partial charge in [-0.2, -0.15) is 9.97 Å². The Labute approximate surface area is 265 Å². The van der Waals surface area contributed by atoms with Crippen molar-refractivity contribution >= 4 is 40.3 Å². The van der Waals surface area contributed by atoms with Gasteiger partial charge in [-0.3, -0.25) is 19.1 Å². The molecule has 4 heterocycles. The number of alkyl halides is 2. The minimum Gasteiger partial charge on any atom is -0.378 e. The maximum Gasteiger partial charge on any atom is 0.296 e. The zero-order valence-electron chi connectivity index (χ0n) is 25.9. The van der Waals surface area contributed by atoms with E-state index in [1.54, 1.807) is 54.1 Å². The van der Waals surface area contributed by atoms with Crippen LogP contribution < -0.4 is 15.1 Å². The molecular weight excluding hydrogens is 596 g/mol. The normalized spacial score (nSPS) is 16.5. The Bertz CT molecular complexity index is 1670. The third kappa shape index (κ3) is 6.77. The van der Waals surface area contributed by atoms with Crippen molar-refractivity contribution in [3.8, 4) is 5.82 Å². The molecule has 14 heteroatoms. The van der Waals surface area contributed by atoms with Crippen LogP contribution in [-0.4, -0.2) is 113 Å². The van der Waals surface area contributed by atoms with Gasteiger partial charge in [-0.05, 0) is 31.2 Å². The van der Waals surface area contributed by atoms with Crippen molar-refractivity contribution < 1.29 is 23.1 Å². The fourth-order valence-corrected chi connectivity index (χ4v) is 5.74. The van der Waals surface area contributed by atoms with Gasteiger partial charge in [0, 0.05) is 58.1 Å². The van der Waals surface area contributed by atoms with Gasteiger partial charge in [0.1, 0.15) is 17.7 Å². The van der Waals surface area contributed by atoms with Gasteiger partial charge < -0.3 is 24.8 Å². The lowest BCUT2D eigenvalue weighted by atomic mass is 10.2. The third-order valence-electron chi connectivity index (χ3n) is 8.32. The number of morpholine rings is 1. The average Bonchev–Trinajstić information content (AvgIpc) is 3.49. The molecule has 0 bridgehead atoms. The molecule has 46 heavy (non-hydrogen) atoms. The van der Waals surface area contributed by atoms with Crippen LogP contribution in [0, 0.1) is 0 Å². The van der Waals surface area contributed by atoms with E-state index in [0.29, 0.717) is 69.3 Å². The number of fused-ring (bicyclic) bond motifs is 1. The van der Waals surface area contributed by atoms with E-state index in [9.17, 15) is 18.4 Å². The molecule has 2 aromatic heterocycles. The second-order valence-electron chi connectivity index (χ2n) is 11.4. The van der Waals surface area contributed by atoms with Crippen molar-refractivity contribution in [3.63, 3.8) is 0 Å². The average molecular weight is 634 g/mol. The monoisotopic (exact) mass is 633 g/mol. The lowest BCUT2D eigenvalue weighted by Crippen LogP contribution is -2.54. The zero-order valence-corrected chi connectivity index (χ0v) is 25.9. The second kappa shape index (κ2) is 13.7. The number of likely N-dealkylation sites (N-methyl/N-ethyl adjacent to an activating group) is 1. The number of rotatable bonds is 9. The summed E-state index contributed by atoms with van der Waals surface area (Å²) in [6.45, 7) is 6.20. The first-order valence-electron chi connectivity index (χ1n) is 15.4.